The van der Waals surface area contributed by atoms with Gasteiger partial charge < -0.3 is 14.6 Å². The van der Waals surface area contributed by atoms with Crippen LogP contribution in [-0.2, 0) is 14.1 Å². The average Bonchev–Trinajstić information content (AvgIpc) is 1.96. The van der Waals surface area contributed by atoms with Gasteiger partial charge in [-0.15, -0.1) is 0 Å². The van der Waals surface area contributed by atoms with E-state index in [1.807, 2.05) is 0 Å². The third-order valence-corrected chi connectivity index (χ3v) is 1.20. The van der Waals surface area contributed by atoms with E-state index in [0.29, 0.717) is 26.4 Å². The molecule has 1 N–H and O–H groups in total. The lowest BCUT2D eigenvalue weighted by molar-refractivity contribution is -0.119. The zero-order valence-corrected chi connectivity index (χ0v) is 7.79. The van der Waals surface area contributed by atoms with Crippen molar-refractivity contribution in [2.45, 2.75) is 6.92 Å². The summed E-state index contributed by atoms with van der Waals surface area (Å²) in [5.74, 6) is -0.0316. The quantitative estimate of drug-likeness (QED) is 0.459. The fraction of sp³-hybridized carbons (Fsp3) is 0.833. The highest BCUT2D eigenvalue weighted by atomic mass is 31.0. The van der Waals surface area contributed by atoms with E-state index in [9.17, 15) is 4.79 Å². The Kier molecular flexibility index (Phi) is 7.79. The highest BCUT2D eigenvalue weighted by molar-refractivity contribution is 7.09. The van der Waals surface area contributed by atoms with Crippen molar-refractivity contribution in [2.75, 3.05) is 26.4 Å². The van der Waals surface area contributed by atoms with E-state index in [4.69, 9.17) is 4.74 Å². The first kappa shape index (κ1) is 10.8. The topological polar surface area (TPSA) is 47.6 Å². The Hall–Kier alpha value is -0.180. The zero-order chi connectivity index (χ0) is 8.53. The molecule has 1 unspecified atom stereocenters. The van der Waals surface area contributed by atoms with Crippen LogP contribution in [-0.4, -0.2) is 32.3 Å². The third kappa shape index (κ3) is 9.82. The molecule has 66 valence electrons. The minimum Gasteiger partial charge on any atom is -0.377 e. The normalized spacial score (nSPS) is 9.64. The molecule has 0 radical (unpaired) electrons. The lowest BCUT2D eigenvalue weighted by Crippen LogP contribution is -2.24. The second-order valence-electron chi connectivity index (χ2n) is 1.97. The molecular weight excluding hydrogens is 165 g/mol. The number of carbonyl (C=O) groups excluding carboxylic acids is 1. The Labute approximate surface area is 68.9 Å². The molecule has 0 fully saturated rings. The number of amides is 1. The predicted octanol–water partition coefficient (Wildman–Crippen LogP) is -0.0542. The van der Waals surface area contributed by atoms with Crippen LogP contribution < -0.4 is 5.32 Å². The molecule has 1 amide bonds. The molecule has 0 saturated heterocycles. The number of rotatable bonds is 6. The van der Waals surface area contributed by atoms with Crippen LogP contribution >= 0.6 is 9.47 Å². The van der Waals surface area contributed by atoms with Gasteiger partial charge in [-0.1, -0.05) is 0 Å². The van der Waals surface area contributed by atoms with Crippen LogP contribution in [0.5, 0.6) is 0 Å². The van der Waals surface area contributed by atoms with E-state index in [0.717, 1.165) is 0 Å². The Balaban J connectivity index is 2.85. The third-order valence-electron chi connectivity index (χ3n) is 0.966. The van der Waals surface area contributed by atoms with Gasteiger partial charge in [0.2, 0.25) is 5.91 Å². The predicted molar refractivity (Wildman–Crippen MR) is 45.2 cm³/mol. The summed E-state index contributed by atoms with van der Waals surface area (Å²) in [5.41, 5.74) is 0. The molecule has 0 aliphatic carbocycles. The van der Waals surface area contributed by atoms with Gasteiger partial charge in [0.25, 0.3) is 0 Å². The second kappa shape index (κ2) is 7.92. The maximum atomic E-state index is 10.3. The fourth-order valence-electron chi connectivity index (χ4n) is 0.508. The molecule has 0 saturated carbocycles. The summed E-state index contributed by atoms with van der Waals surface area (Å²) in [6.07, 6.45) is 0. The summed E-state index contributed by atoms with van der Waals surface area (Å²) in [7, 11) is 2.14. The Bertz CT molecular complexity index is 110. The lowest BCUT2D eigenvalue weighted by Gasteiger charge is -2.02. The Morgan fingerprint density at radius 2 is 2.18 bits per heavy atom. The minimum atomic E-state index is -0.0316. The molecule has 0 aromatic heterocycles. The van der Waals surface area contributed by atoms with Gasteiger partial charge in [-0.3, -0.25) is 4.79 Å². The van der Waals surface area contributed by atoms with Crippen molar-refractivity contribution in [3.63, 3.8) is 0 Å². The van der Waals surface area contributed by atoms with E-state index in [1.165, 1.54) is 6.92 Å². The maximum Gasteiger partial charge on any atom is 0.216 e. The van der Waals surface area contributed by atoms with Gasteiger partial charge in [0, 0.05) is 22.9 Å². The molecule has 11 heavy (non-hydrogen) atoms. The molecule has 0 aromatic carbocycles. The number of carbonyl (C=O) groups is 1. The van der Waals surface area contributed by atoms with E-state index in [1.54, 1.807) is 0 Å². The number of nitrogens with one attached hydrogen (secondary N) is 1. The van der Waals surface area contributed by atoms with E-state index >= 15 is 0 Å². The van der Waals surface area contributed by atoms with Crippen LogP contribution in [0, 0.1) is 0 Å². The average molecular weight is 179 g/mol. The molecule has 0 spiro atoms. The first-order valence-electron chi connectivity index (χ1n) is 3.41. The van der Waals surface area contributed by atoms with Gasteiger partial charge >= 0.3 is 0 Å². The van der Waals surface area contributed by atoms with E-state index in [2.05, 4.69) is 19.3 Å². The molecule has 0 rings (SSSR count). The van der Waals surface area contributed by atoms with Crippen molar-refractivity contribution < 1.29 is 14.1 Å². The van der Waals surface area contributed by atoms with E-state index in [-0.39, 0.29) is 5.91 Å². The largest absolute Gasteiger partial charge is 0.377 e. The highest BCUT2D eigenvalue weighted by Crippen LogP contribution is 1.83. The second-order valence-corrected chi connectivity index (χ2v) is 2.30. The number of hydrogen-bond donors (Lipinski definition) is 1. The monoisotopic (exact) mass is 179 g/mol. The summed E-state index contributed by atoms with van der Waals surface area (Å²) >= 11 is 0. The molecule has 1 atom stereocenters. The van der Waals surface area contributed by atoms with Crippen molar-refractivity contribution in [2.24, 2.45) is 0 Å². The van der Waals surface area contributed by atoms with Crippen LogP contribution in [0.25, 0.3) is 0 Å². The van der Waals surface area contributed by atoms with Gasteiger partial charge in [0.05, 0.1) is 19.8 Å². The summed E-state index contributed by atoms with van der Waals surface area (Å²) in [4.78, 5) is 10.3. The van der Waals surface area contributed by atoms with Crippen molar-refractivity contribution >= 4 is 15.4 Å². The van der Waals surface area contributed by atoms with Crippen LogP contribution in [0.1, 0.15) is 6.92 Å². The lowest BCUT2D eigenvalue weighted by atomic mass is 10.6. The first-order valence-corrected chi connectivity index (χ1v) is 3.88. The standard InChI is InChI=1S/C6H14NO3P/c1-6(8)7-2-3-9-4-5-10-11/h2-5,11H2,1H3,(H,7,8). The van der Waals surface area contributed by atoms with Crippen LogP contribution in [0.2, 0.25) is 0 Å². The van der Waals surface area contributed by atoms with Gasteiger partial charge in [-0.05, 0) is 0 Å². The van der Waals surface area contributed by atoms with Crippen LogP contribution in [0.4, 0.5) is 0 Å². The molecular formula is C6H14NO3P. The molecule has 0 aromatic rings. The van der Waals surface area contributed by atoms with Crippen LogP contribution in [0.3, 0.4) is 0 Å². The first-order chi connectivity index (χ1) is 5.27. The molecule has 0 heterocycles. The summed E-state index contributed by atoms with van der Waals surface area (Å²) < 4.78 is 9.75. The molecule has 0 aliphatic rings. The molecule has 4 nitrogen and oxygen atoms in total. The molecule has 5 heteroatoms. The van der Waals surface area contributed by atoms with Crippen molar-refractivity contribution in [1.29, 1.82) is 0 Å². The smallest absolute Gasteiger partial charge is 0.216 e. The van der Waals surface area contributed by atoms with Crippen molar-refractivity contribution in [3.05, 3.63) is 0 Å². The number of hydrogen-bond acceptors (Lipinski definition) is 3. The highest BCUT2D eigenvalue weighted by Gasteiger charge is 1.89. The summed E-state index contributed by atoms with van der Waals surface area (Å²) in [5, 5.41) is 2.61. The molecule has 0 bridgehead atoms. The van der Waals surface area contributed by atoms with Crippen LogP contribution in [0.15, 0.2) is 0 Å². The van der Waals surface area contributed by atoms with Crippen molar-refractivity contribution in [1.82, 2.24) is 5.32 Å². The number of ether oxygens (including phenoxy) is 1. The SMILES string of the molecule is CC(=O)NCCOCCOP. The Morgan fingerprint density at radius 1 is 1.45 bits per heavy atom. The van der Waals surface area contributed by atoms with Gasteiger partial charge in [0.1, 0.15) is 0 Å². The fourth-order valence-corrected chi connectivity index (χ4v) is 0.605. The molecule has 0 aliphatic heterocycles. The van der Waals surface area contributed by atoms with Gasteiger partial charge in [-0.25, -0.2) is 0 Å². The van der Waals surface area contributed by atoms with E-state index < -0.39 is 0 Å². The minimum absolute atomic E-state index is 0.0316. The zero-order valence-electron chi connectivity index (χ0n) is 6.63. The summed E-state index contributed by atoms with van der Waals surface area (Å²) in [6.45, 7) is 3.69. The van der Waals surface area contributed by atoms with Gasteiger partial charge in [0.15, 0.2) is 0 Å². The Morgan fingerprint density at radius 3 is 2.73 bits per heavy atom. The van der Waals surface area contributed by atoms with Crippen molar-refractivity contribution in [3.8, 4) is 0 Å². The maximum absolute atomic E-state index is 10.3. The van der Waals surface area contributed by atoms with Gasteiger partial charge in [-0.2, -0.15) is 0 Å². The summed E-state index contributed by atoms with van der Waals surface area (Å²) in [6, 6.07) is 0.